The van der Waals surface area contributed by atoms with E-state index in [1.54, 1.807) is 0 Å². The van der Waals surface area contributed by atoms with Gasteiger partial charge in [-0.25, -0.2) is 9.13 Å². The molecule has 7 atom stereocenters. The molecule has 0 aromatic heterocycles. The number of hydrogen-bond acceptors (Lipinski definition) is 15. The number of aliphatic hydroxyl groups excluding tert-OH is 1. The molecule has 3 N–H and O–H groups in total. The van der Waals surface area contributed by atoms with Crippen molar-refractivity contribution in [3.63, 3.8) is 0 Å². The Morgan fingerprint density at radius 1 is 0.292 bits per heavy atom. The third kappa shape index (κ3) is 67.9. The van der Waals surface area contributed by atoms with Crippen molar-refractivity contribution in [3.8, 4) is 0 Å². The molecule has 0 saturated carbocycles. The highest BCUT2D eigenvalue weighted by Crippen LogP contribution is 2.45. The van der Waals surface area contributed by atoms with E-state index in [9.17, 15) is 43.2 Å². The first-order chi connectivity index (χ1) is 46.2. The van der Waals surface area contributed by atoms with E-state index in [4.69, 9.17) is 37.0 Å². The molecule has 0 spiro atoms. The number of aliphatic hydroxyl groups is 1. The smallest absolute Gasteiger partial charge is 0.462 e. The maximum atomic E-state index is 13.1. The Morgan fingerprint density at radius 3 is 0.740 bits per heavy atom. The molecule has 0 saturated heterocycles. The topological polar surface area (TPSA) is 237 Å². The van der Waals surface area contributed by atoms with Crippen molar-refractivity contribution < 1.29 is 80.2 Å². The lowest BCUT2D eigenvalue weighted by Crippen LogP contribution is -2.30. The molecule has 0 amide bonds. The number of rotatable bonds is 74. The van der Waals surface area contributed by atoms with Crippen molar-refractivity contribution in [2.75, 3.05) is 39.6 Å². The molecule has 17 nitrogen and oxygen atoms in total. The minimum Gasteiger partial charge on any atom is -0.462 e. The molecule has 19 heteroatoms. The molecule has 0 aromatic rings. The number of unbranched alkanes of at least 4 members (excludes halogenated alkanes) is 38. The minimum absolute atomic E-state index is 0.104. The summed E-state index contributed by atoms with van der Waals surface area (Å²) < 4.78 is 68.5. The van der Waals surface area contributed by atoms with Gasteiger partial charge in [-0.3, -0.25) is 37.3 Å². The van der Waals surface area contributed by atoms with Crippen LogP contribution in [0.2, 0.25) is 0 Å². The summed E-state index contributed by atoms with van der Waals surface area (Å²) in [6, 6.07) is 0. The number of carbonyl (C=O) groups is 4. The normalized spacial score (nSPS) is 14.7. The third-order valence-corrected chi connectivity index (χ3v) is 20.4. The van der Waals surface area contributed by atoms with Crippen molar-refractivity contribution in [2.45, 2.75) is 408 Å². The lowest BCUT2D eigenvalue weighted by atomic mass is 9.99. The monoisotopic (exact) mass is 1410 g/mol. The second kappa shape index (κ2) is 66.3. The molecule has 0 bridgehead atoms. The van der Waals surface area contributed by atoms with Gasteiger partial charge in [0.2, 0.25) is 0 Å². The number of esters is 4. The van der Waals surface area contributed by atoms with E-state index >= 15 is 0 Å². The summed E-state index contributed by atoms with van der Waals surface area (Å²) in [7, 11) is -9.91. The summed E-state index contributed by atoms with van der Waals surface area (Å²) in [4.78, 5) is 72.8. The molecule has 0 aliphatic rings. The number of carbonyl (C=O) groups excluding carboxylic acids is 4. The average Bonchev–Trinajstić information content (AvgIpc) is 1.15. The Morgan fingerprint density at radius 2 is 0.500 bits per heavy atom. The predicted octanol–water partition coefficient (Wildman–Crippen LogP) is 22.4. The molecule has 0 aliphatic carbocycles. The first-order valence-electron chi connectivity index (χ1n) is 39.8. The Labute approximate surface area is 588 Å². The molecule has 0 aliphatic heterocycles. The Balaban J connectivity index is 5.24. The van der Waals surface area contributed by atoms with Crippen LogP contribution in [0.25, 0.3) is 0 Å². The quantitative estimate of drug-likeness (QED) is 0.0222. The van der Waals surface area contributed by atoms with Crippen LogP contribution >= 0.6 is 15.6 Å². The fourth-order valence-corrected chi connectivity index (χ4v) is 13.2. The van der Waals surface area contributed by atoms with Crippen molar-refractivity contribution >= 4 is 39.5 Å². The van der Waals surface area contributed by atoms with E-state index in [2.05, 4.69) is 55.4 Å². The molecule has 4 unspecified atom stereocenters. The summed E-state index contributed by atoms with van der Waals surface area (Å²) in [5, 5.41) is 10.6. The van der Waals surface area contributed by atoms with E-state index in [0.717, 1.165) is 114 Å². The van der Waals surface area contributed by atoms with Crippen LogP contribution in [-0.4, -0.2) is 96.7 Å². The largest absolute Gasteiger partial charge is 0.472 e. The molecule has 0 radical (unpaired) electrons. The standard InChI is InChI=1S/C77H150O17P2/c1-9-69(7)55-47-39-30-24-20-16-12-14-17-21-25-32-41-49-57-74(79)87-63-72(93-76(81)59-51-43-33-26-22-18-13-11-15-19-23-29-37-45-53-67(3)4)65-91-95(83,84)89-61-71(78)62-90-96(85,86)92-66-73(64-88-75(80)58-50-42-36-35-38-46-54-68(5)6)94-77(82)60-52-44-34-28-27-31-40-48-56-70(8)10-2/h67-73,78H,9-66H2,1-8H3,(H,83,84)(H,85,86)/t69?,70?,71-,72-,73-/m1/s1. The van der Waals surface area contributed by atoms with Gasteiger partial charge in [-0.2, -0.15) is 0 Å². The van der Waals surface area contributed by atoms with E-state index in [0.29, 0.717) is 31.6 Å². The van der Waals surface area contributed by atoms with Crippen LogP contribution in [0.15, 0.2) is 0 Å². The maximum absolute atomic E-state index is 13.1. The van der Waals surface area contributed by atoms with Crippen LogP contribution in [0.1, 0.15) is 389 Å². The predicted molar refractivity (Wildman–Crippen MR) is 391 cm³/mol. The first kappa shape index (κ1) is 94.1. The van der Waals surface area contributed by atoms with E-state index in [-0.39, 0.29) is 25.7 Å². The van der Waals surface area contributed by atoms with Crippen LogP contribution < -0.4 is 0 Å². The summed E-state index contributed by atoms with van der Waals surface area (Å²) >= 11 is 0. The minimum atomic E-state index is -4.96. The first-order valence-corrected chi connectivity index (χ1v) is 42.8. The third-order valence-electron chi connectivity index (χ3n) is 18.5. The summed E-state index contributed by atoms with van der Waals surface area (Å²) in [6.07, 6.45) is 51.4. The molecular weight excluding hydrogens is 1260 g/mol. The van der Waals surface area contributed by atoms with Crippen molar-refractivity contribution in [1.29, 1.82) is 0 Å². The van der Waals surface area contributed by atoms with Gasteiger partial charge in [-0.05, 0) is 49.4 Å². The highest BCUT2D eigenvalue weighted by atomic mass is 31.2. The molecule has 0 aromatic carbocycles. The van der Waals surface area contributed by atoms with Gasteiger partial charge in [0.1, 0.15) is 19.3 Å². The molecule has 570 valence electrons. The molecular formula is C77H150O17P2. The number of ether oxygens (including phenoxy) is 4. The molecule has 0 rings (SSSR count). The zero-order valence-electron chi connectivity index (χ0n) is 63.0. The maximum Gasteiger partial charge on any atom is 0.472 e. The number of hydrogen-bond donors (Lipinski definition) is 3. The Bertz CT molecular complexity index is 1890. The highest BCUT2D eigenvalue weighted by Gasteiger charge is 2.30. The fourth-order valence-electron chi connectivity index (χ4n) is 11.7. The van der Waals surface area contributed by atoms with E-state index < -0.39 is 97.5 Å². The number of phosphoric ester groups is 2. The average molecular weight is 1410 g/mol. The highest BCUT2D eigenvalue weighted by molar-refractivity contribution is 7.47. The second-order valence-corrected chi connectivity index (χ2v) is 32.1. The van der Waals surface area contributed by atoms with Crippen LogP contribution in [-0.2, 0) is 65.4 Å². The van der Waals surface area contributed by atoms with Crippen molar-refractivity contribution in [2.24, 2.45) is 23.7 Å². The summed E-state index contributed by atoms with van der Waals surface area (Å²) in [5.74, 6) is 0.972. The van der Waals surface area contributed by atoms with Gasteiger partial charge in [-0.1, -0.05) is 338 Å². The van der Waals surface area contributed by atoms with Gasteiger partial charge in [0.15, 0.2) is 12.2 Å². The van der Waals surface area contributed by atoms with E-state index in [1.165, 1.54) is 186 Å². The van der Waals surface area contributed by atoms with Gasteiger partial charge >= 0.3 is 39.5 Å². The zero-order chi connectivity index (χ0) is 71.0. The van der Waals surface area contributed by atoms with Crippen LogP contribution in [0, 0.1) is 23.7 Å². The Kier molecular flexibility index (Phi) is 65.0. The van der Waals surface area contributed by atoms with Gasteiger partial charge in [0.05, 0.1) is 26.4 Å². The second-order valence-electron chi connectivity index (χ2n) is 29.2. The van der Waals surface area contributed by atoms with Crippen molar-refractivity contribution in [3.05, 3.63) is 0 Å². The number of phosphoric acid groups is 2. The molecule has 0 fully saturated rings. The Hall–Kier alpha value is -1.94. The van der Waals surface area contributed by atoms with Crippen LogP contribution in [0.5, 0.6) is 0 Å². The fraction of sp³-hybridized carbons (Fsp3) is 0.948. The summed E-state index contributed by atoms with van der Waals surface area (Å²) in [6.45, 7) is 14.2. The van der Waals surface area contributed by atoms with Crippen LogP contribution in [0.3, 0.4) is 0 Å². The van der Waals surface area contributed by atoms with E-state index in [1.807, 2.05) is 0 Å². The van der Waals surface area contributed by atoms with Gasteiger partial charge in [0, 0.05) is 25.7 Å². The lowest BCUT2D eigenvalue weighted by Gasteiger charge is -2.21. The van der Waals surface area contributed by atoms with Gasteiger partial charge in [-0.15, -0.1) is 0 Å². The molecule has 96 heavy (non-hydrogen) atoms. The SMILES string of the molecule is CCC(C)CCCCCCCCCCCCCCCCC(=O)OC[C@H](COP(=O)(O)OC[C@@H](O)COP(=O)(O)OC[C@@H](COC(=O)CCCCCCCCC(C)C)OC(=O)CCCCCCCCCCC(C)CC)OC(=O)CCCCCCCCCCCCCCCCC(C)C. The zero-order valence-corrected chi connectivity index (χ0v) is 64.8. The van der Waals surface area contributed by atoms with Gasteiger partial charge in [0.25, 0.3) is 0 Å². The lowest BCUT2D eigenvalue weighted by molar-refractivity contribution is -0.161. The molecule has 0 heterocycles. The van der Waals surface area contributed by atoms with Crippen molar-refractivity contribution in [1.82, 2.24) is 0 Å². The van der Waals surface area contributed by atoms with Gasteiger partial charge < -0.3 is 33.8 Å². The van der Waals surface area contributed by atoms with Crippen LogP contribution in [0.4, 0.5) is 0 Å². The summed E-state index contributed by atoms with van der Waals surface area (Å²) in [5.41, 5.74) is 0.